The molecule has 1 atom stereocenters. The highest BCUT2D eigenvalue weighted by Crippen LogP contribution is 2.19. The Labute approximate surface area is 111 Å². The molecule has 0 aliphatic carbocycles. The van der Waals surface area contributed by atoms with Crippen molar-refractivity contribution in [1.82, 2.24) is 0 Å². The molecule has 0 amide bonds. The molecule has 1 saturated heterocycles. The largest absolute Gasteiger partial charge is 0.493 e. The van der Waals surface area contributed by atoms with Gasteiger partial charge in [-0.05, 0) is 37.8 Å². The van der Waals surface area contributed by atoms with Gasteiger partial charge in [0.05, 0.1) is 18.3 Å². The van der Waals surface area contributed by atoms with Crippen LogP contribution in [-0.4, -0.2) is 30.4 Å². The van der Waals surface area contributed by atoms with E-state index < -0.39 is 11.8 Å². The standard InChI is InChI=1S/C14H17FO4/c15-13-9-11(5-6-12(13)14(16)17)19-8-2-4-10-3-1-7-18-10/h5-6,9-10H,1-4,7-8H2,(H,16,17). The topological polar surface area (TPSA) is 55.8 Å². The van der Waals surface area contributed by atoms with Gasteiger partial charge in [0, 0.05) is 12.7 Å². The molecule has 1 aromatic rings. The highest BCUT2D eigenvalue weighted by atomic mass is 19.1. The third kappa shape index (κ3) is 3.92. The number of carboxylic acids is 1. The quantitative estimate of drug-likeness (QED) is 0.806. The molecule has 104 valence electrons. The highest BCUT2D eigenvalue weighted by molar-refractivity contribution is 5.88. The molecular weight excluding hydrogens is 251 g/mol. The number of rotatable bonds is 6. The molecule has 1 aromatic carbocycles. The van der Waals surface area contributed by atoms with Crippen LogP contribution >= 0.6 is 0 Å². The zero-order valence-electron chi connectivity index (χ0n) is 10.6. The first-order chi connectivity index (χ1) is 9.16. The van der Waals surface area contributed by atoms with Gasteiger partial charge in [-0.25, -0.2) is 9.18 Å². The van der Waals surface area contributed by atoms with Crippen LogP contribution in [0.1, 0.15) is 36.0 Å². The first kappa shape index (κ1) is 13.8. The summed E-state index contributed by atoms with van der Waals surface area (Å²) in [5, 5.41) is 8.70. The molecule has 1 unspecified atom stereocenters. The fourth-order valence-corrected chi connectivity index (χ4v) is 2.13. The fourth-order valence-electron chi connectivity index (χ4n) is 2.13. The first-order valence-electron chi connectivity index (χ1n) is 6.44. The predicted molar refractivity (Wildman–Crippen MR) is 67.1 cm³/mol. The van der Waals surface area contributed by atoms with E-state index in [0.717, 1.165) is 38.4 Å². The zero-order valence-corrected chi connectivity index (χ0v) is 10.6. The van der Waals surface area contributed by atoms with E-state index in [-0.39, 0.29) is 5.56 Å². The van der Waals surface area contributed by atoms with Crippen molar-refractivity contribution >= 4 is 5.97 Å². The number of ether oxygens (including phenoxy) is 2. The van der Waals surface area contributed by atoms with Gasteiger partial charge in [-0.1, -0.05) is 0 Å². The number of benzene rings is 1. The van der Waals surface area contributed by atoms with Gasteiger partial charge in [0.25, 0.3) is 0 Å². The first-order valence-corrected chi connectivity index (χ1v) is 6.44. The van der Waals surface area contributed by atoms with Gasteiger partial charge >= 0.3 is 5.97 Å². The lowest BCUT2D eigenvalue weighted by atomic mass is 10.1. The molecule has 5 heteroatoms. The predicted octanol–water partition coefficient (Wildman–Crippen LogP) is 2.86. The molecule has 19 heavy (non-hydrogen) atoms. The van der Waals surface area contributed by atoms with E-state index in [1.54, 1.807) is 0 Å². The lowest BCUT2D eigenvalue weighted by Crippen LogP contribution is -2.08. The minimum Gasteiger partial charge on any atom is -0.493 e. The molecule has 0 bridgehead atoms. The fraction of sp³-hybridized carbons (Fsp3) is 0.500. The van der Waals surface area contributed by atoms with Gasteiger partial charge in [0.1, 0.15) is 11.6 Å². The van der Waals surface area contributed by atoms with Crippen molar-refractivity contribution in [3.05, 3.63) is 29.6 Å². The molecule has 1 aliphatic rings. The van der Waals surface area contributed by atoms with Gasteiger partial charge < -0.3 is 14.6 Å². The molecule has 1 heterocycles. The van der Waals surface area contributed by atoms with E-state index in [9.17, 15) is 9.18 Å². The van der Waals surface area contributed by atoms with Gasteiger partial charge in [0.15, 0.2) is 0 Å². The van der Waals surface area contributed by atoms with E-state index in [2.05, 4.69) is 0 Å². The van der Waals surface area contributed by atoms with Gasteiger partial charge in [-0.3, -0.25) is 0 Å². The lowest BCUT2D eigenvalue weighted by molar-refractivity contribution is 0.0691. The summed E-state index contributed by atoms with van der Waals surface area (Å²) in [6, 6.07) is 3.79. The van der Waals surface area contributed by atoms with Gasteiger partial charge in [-0.2, -0.15) is 0 Å². The number of hydrogen-bond acceptors (Lipinski definition) is 3. The maximum Gasteiger partial charge on any atom is 0.338 e. The lowest BCUT2D eigenvalue weighted by Gasteiger charge is -2.10. The molecule has 2 rings (SSSR count). The minimum absolute atomic E-state index is 0.328. The van der Waals surface area contributed by atoms with Crippen LogP contribution in [0.3, 0.4) is 0 Å². The van der Waals surface area contributed by atoms with Crippen molar-refractivity contribution < 1.29 is 23.8 Å². The molecule has 1 N–H and O–H groups in total. The summed E-state index contributed by atoms with van der Waals surface area (Å²) in [4.78, 5) is 10.6. The molecular formula is C14H17FO4. The van der Waals surface area contributed by atoms with Crippen molar-refractivity contribution in [2.75, 3.05) is 13.2 Å². The third-order valence-electron chi connectivity index (χ3n) is 3.13. The summed E-state index contributed by atoms with van der Waals surface area (Å²) in [6.45, 7) is 1.32. The molecule has 0 aromatic heterocycles. The number of carboxylic acid groups (broad SMARTS) is 1. The molecule has 1 fully saturated rings. The van der Waals surface area contributed by atoms with Crippen LogP contribution in [0, 0.1) is 5.82 Å². The van der Waals surface area contributed by atoms with Crippen molar-refractivity contribution in [2.24, 2.45) is 0 Å². The SMILES string of the molecule is O=C(O)c1ccc(OCCCC2CCCO2)cc1F. The average Bonchev–Trinajstić information content (AvgIpc) is 2.87. The molecule has 0 spiro atoms. The van der Waals surface area contributed by atoms with Crippen LogP contribution in [0.2, 0.25) is 0 Å². The van der Waals surface area contributed by atoms with Crippen LogP contribution in [0.15, 0.2) is 18.2 Å². The molecule has 4 nitrogen and oxygen atoms in total. The molecule has 0 saturated carbocycles. The smallest absolute Gasteiger partial charge is 0.338 e. The second kappa shape index (κ2) is 6.52. The zero-order chi connectivity index (χ0) is 13.7. The molecule has 0 radical (unpaired) electrons. The van der Waals surface area contributed by atoms with Crippen LogP contribution in [0.4, 0.5) is 4.39 Å². The van der Waals surface area contributed by atoms with Crippen LogP contribution in [0.25, 0.3) is 0 Å². The summed E-state index contributed by atoms with van der Waals surface area (Å²) >= 11 is 0. The van der Waals surface area contributed by atoms with E-state index >= 15 is 0 Å². The summed E-state index contributed by atoms with van der Waals surface area (Å²) in [6.07, 6.45) is 4.33. The van der Waals surface area contributed by atoms with E-state index in [1.807, 2.05) is 0 Å². The van der Waals surface area contributed by atoms with Gasteiger partial charge in [-0.15, -0.1) is 0 Å². The summed E-state index contributed by atoms with van der Waals surface area (Å²) in [7, 11) is 0. The normalized spacial score (nSPS) is 18.5. The Bertz CT molecular complexity index is 441. The summed E-state index contributed by atoms with van der Waals surface area (Å²) in [5.74, 6) is -1.69. The Balaban J connectivity index is 1.76. The minimum atomic E-state index is -1.28. The maximum atomic E-state index is 13.4. The van der Waals surface area contributed by atoms with E-state index in [4.69, 9.17) is 14.6 Å². The third-order valence-corrected chi connectivity index (χ3v) is 3.13. The van der Waals surface area contributed by atoms with Crippen molar-refractivity contribution in [2.45, 2.75) is 31.8 Å². The van der Waals surface area contributed by atoms with Crippen molar-refractivity contribution in [1.29, 1.82) is 0 Å². The Kier molecular flexibility index (Phi) is 4.74. The Morgan fingerprint density at radius 3 is 3.00 bits per heavy atom. The molecule has 1 aliphatic heterocycles. The van der Waals surface area contributed by atoms with E-state index in [0.29, 0.717) is 18.5 Å². The number of carbonyl (C=O) groups is 1. The van der Waals surface area contributed by atoms with Crippen molar-refractivity contribution in [3.63, 3.8) is 0 Å². The van der Waals surface area contributed by atoms with Crippen LogP contribution in [0.5, 0.6) is 5.75 Å². The summed E-state index contributed by atoms with van der Waals surface area (Å²) in [5.41, 5.74) is -0.341. The number of aromatic carboxylic acids is 1. The van der Waals surface area contributed by atoms with Crippen LogP contribution in [-0.2, 0) is 4.74 Å². The summed E-state index contributed by atoms with van der Waals surface area (Å²) < 4.78 is 24.3. The Morgan fingerprint density at radius 1 is 1.53 bits per heavy atom. The number of hydrogen-bond donors (Lipinski definition) is 1. The second-order valence-electron chi connectivity index (χ2n) is 4.57. The van der Waals surface area contributed by atoms with E-state index in [1.165, 1.54) is 12.1 Å². The number of halogens is 1. The Hall–Kier alpha value is -1.62. The van der Waals surface area contributed by atoms with Crippen LogP contribution < -0.4 is 4.74 Å². The van der Waals surface area contributed by atoms with Gasteiger partial charge in [0.2, 0.25) is 0 Å². The monoisotopic (exact) mass is 268 g/mol. The Morgan fingerprint density at radius 2 is 2.37 bits per heavy atom. The second-order valence-corrected chi connectivity index (χ2v) is 4.57. The highest BCUT2D eigenvalue weighted by Gasteiger charge is 2.15. The van der Waals surface area contributed by atoms with Crippen molar-refractivity contribution in [3.8, 4) is 5.75 Å². The maximum absolute atomic E-state index is 13.4. The average molecular weight is 268 g/mol.